The van der Waals surface area contributed by atoms with Crippen LogP contribution in [0.15, 0.2) is 18.5 Å². The highest BCUT2D eigenvalue weighted by Gasteiger charge is 2.40. The van der Waals surface area contributed by atoms with Gasteiger partial charge < -0.3 is 24.8 Å². The number of halogens is 2. The molecule has 38 heavy (non-hydrogen) atoms. The smallest absolute Gasteiger partial charge is 0.391 e. The summed E-state index contributed by atoms with van der Waals surface area (Å²) in [7, 11) is 1.47. The van der Waals surface area contributed by atoms with E-state index in [2.05, 4.69) is 37.4 Å². The van der Waals surface area contributed by atoms with Gasteiger partial charge in [0.05, 0.1) is 12.2 Å². The largest absolute Gasteiger partial charge is 0.414 e. The maximum absolute atomic E-state index is 14.8. The Bertz CT molecular complexity index is 1160. The highest BCUT2D eigenvalue weighted by atomic mass is 32.1. The average Bonchev–Trinajstić information content (AvgIpc) is 3.33. The minimum atomic E-state index is -1.27. The van der Waals surface area contributed by atoms with Crippen molar-refractivity contribution in [1.29, 1.82) is 0 Å². The van der Waals surface area contributed by atoms with Crippen molar-refractivity contribution in [3.63, 3.8) is 0 Å². The summed E-state index contributed by atoms with van der Waals surface area (Å²) in [5, 5.41) is 5.06. The first-order valence-corrected chi connectivity index (χ1v) is 13.7. The van der Waals surface area contributed by atoms with Gasteiger partial charge in [-0.05, 0) is 38.1 Å². The van der Waals surface area contributed by atoms with Crippen LogP contribution in [0.25, 0.3) is 0 Å². The second-order valence-electron chi connectivity index (χ2n) is 9.98. The highest BCUT2D eigenvalue weighted by molar-refractivity contribution is 7.14. The van der Waals surface area contributed by atoms with E-state index in [1.165, 1.54) is 24.2 Å². The number of thiazole rings is 1. The Morgan fingerprint density at radius 2 is 2.11 bits per heavy atom. The Kier molecular flexibility index (Phi) is 7.88. The van der Waals surface area contributed by atoms with Crippen LogP contribution in [0, 0.1) is 11.0 Å². The SMILES string of the molecule is CCN1C[C@@H]2CC[C@H]1C[C@H]2NC(=O)Oc1ccnc(N2CC[C@@H](F)[C@@H](N(C)C(=O)Nc3ncc(F)s3)C2)n1. The Morgan fingerprint density at radius 3 is 2.82 bits per heavy atom. The van der Waals surface area contributed by atoms with E-state index in [-0.39, 0.29) is 36.0 Å². The van der Waals surface area contributed by atoms with E-state index in [0.717, 1.165) is 38.5 Å². The van der Waals surface area contributed by atoms with Crippen molar-refractivity contribution in [3.8, 4) is 5.88 Å². The van der Waals surface area contributed by atoms with Crippen LogP contribution >= 0.6 is 11.3 Å². The van der Waals surface area contributed by atoms with Crippen LogP contribution in [0.1, 0.15) is 32.6 Å². The van der Waals surface area contributed by atoms with Crippen LogP contribution in [-0.2, 0) is 0 Å². The molecule has 1 saturated carbocycles. The van der Waals surface area contributed by atoms with Crippen molar-refractivity contribution in [2.75, 3.05) is 43.4 Å². The van der Waals surface area contributed by atoms with Crippen molar-refractivity contribution in [3.05, 3.63) is 23.6 Å². The standard InChI is InChI=1S/C24H32F2N8O3S/c1-3-33-12-14-4-5-15(33)10-17(14)29-24(36)37-20-6-8-27-21(30-20)34-9-7-16(25)18(13-34)32(2)23(35)31-22-28-11-19(26)38-22/h6,8,11,14-18H,3-5,7,9-10,12-13H2,1-2H3,(H,29,36)(H,28,31,35)/t14-,15-,16+,17+,18-/m0/s1. The van der Waals surface area contributed by atoms with Crippen molar-refractivity contribution in [2.45, 2.75) is 56.9 Å². The van der Waals surface area contributed by atoms with Gasteiger partial charge in [-0.1, -0.05) is 18.3 Å². The molecule has 5 heterocycles. The van der Waals surface area contributed by atoms with Crippen molar-refractivity contribution < 1.29 is 23.1 Å². The molecule has 3 aliphatic heterocycles. The maximum atomic E-state index is 14.8. The monoisotopic (exact) mass is 550 g/mol. The van der Waals surface area contributed by atoms with Crippen LogP contribution < -0.4 is 20.3 Å². The molecule has 5 atom stereocenters. The minimum Gasteiger partial charge on any atom is -0.391 e. The number of urea groups is 1. The fraction of sp³-hybridized carbons (Fsp3) is 0.625. The average molecular weight is 551 g/mol. The van der Waals surface area contributed by atoms with Gasteiger partial charge in [0.1, 0.15) is 6.17 Å². The zero-order valence-electron chi connectivity index (χ0n) is 21.3. The number of hydrogen-bond donors (Lipinski definition) is 2. The molecule has 2 aromatic heterocycles. The van der Waals surface area contributed by atoms with Gasteiger partial charge in [0.15, 0.2) is 10.3 Å². The molecular weight excluding hydrogens is 518 g/mol. The molecule has 0 aromatic carbocycles. The number of aromatic nitrogens is 3. The number of anilines is 2. The number of fused-ring (bicyclic) bond motifs is 3. The van der Waals surface area contributed by atoms with E-state index in [0.29, 0.717) is 29.8 Å². The summed E-state index contributed by atoms with van der Waals surface area (Å²) >= 11 is 0.691. The first kappa shape index (κ1) is 26.5. The highest BCUT2D eigenvalue weighted by Crippen LogP contribution is 2.35. The number of amides is 3. The topological polar surface area (TPSA) is 116 Å². The van der Waals surface area contributed by atoms with E-state index in [1.54, 1.807) is 4.90 Å². The molecule has 206 valence electrons. The van der Waals surface area contributed by atoms with Crippen molar-refractivity contribution in [2.24, 2.45) is 5.92 Å². The molecule has 11 nitrogen and oxygen atoms in total. The van der Waals surface area contributed by atoms with Gasteiger partial charge in [0.25, 0.3) is 0 Å². The molecule has 3 saturated heterocycles. The van der Waals surface area contributed by atoms with Gasteiger partial charge in [-0.3, -0.25) is 5.32 Å². The van der Waals surface area contributed by atoms with Gasteiger partial charge in [-0.15, -0.1) is 0 Å². The molecule has 2 bridgehead atoms. The number of hydrogen-bond acceptors (Lipinski definition) is 9. The summed E-state index contributed by atoms with van der Waals surface area (Å²) < 4.78 is 33.5. The lowest BCUT2D eigenvalue weighted by molar-refractivity contribution is 0.0278. The zero-order valence-corrected chi connectivity index (χ0v) is 22.2. The number of alkyl halides is 1. The third kappa shape index (κ3) is 5.80. The normalized spacial score (nSPS) is 27.2. The van der Waals surface area contributed by atoms with Crippen molar-refractivity contribution in [1.82, 2.24) is 30.1 Å². The predicted octanol–water partition coefficient (Wildman–Crippen LogP) is 3.11. The lowest BCUT2D eigenvalue weighted by Gasteiger charge is -2.49. The lowest BCUT2D eigenvalue weighted by atomic mass is 9.76. The number of carbonyl (C=O) groups is 2. The number of carbonyl (C=O) groups excluding carboxylic acids is 2. The first-order chi connectivity index (χ1) is 18.3. The third-order valence-electron chi connectivity index (χ3n) is 7.77. The zero-order chi connectivity index (χ0) is 26.8. The number of ether oxygens (including phenoxy) is 1. The van der Waals surface area contributed by atoms with E-state index >= 15 is 0 Å². The fourth-order valence-corrected chi connectivity index (χ4v) is 6.22. The second kappa shape index (κ2) is 11.3. The molecule has 6 rings (SSSR count). The molecule has 4 fully saturated rings. The van der Waals surface area contributed by atoms with Crippen molar-refractivity contribution >= 4 is 34.5 Å². The number of nitrogens with one attached hydrogen (secondary N) is 2. The molecule has 4 aliphatic rings. The summed E-state index contributed by atoms with van der Waals surface area (Å²) in [6.45, 7) is 4.64. The van der Waals surface area contributed by atoms with Gasteiger partial charge >= 0.3 is 12.1 Å². The number of nitrogens with zero attached hydrogens (tertiary/aromatic N) is 6. The number of piperidine rings is 3. The van der Waals surface area contributed by atoms with E-state index in [9.17, 15) is 18.4 Å². The second-order valence-corrected chi connectivity index (χ2v) is 11.0. The molecule has 1 aliphatic carbocycles. The Hall–Kier alpha value is -3.13. The number of rotatable bonds is 6. The lowest BCUT2D eigenvalue weighted by Crippen LogP contribution is -2.59. The summed E-state index contributed by atoms with van der Waals surface area (Å²) in [5.41, 5.74) is 0. The van der Waals surface area contributed by atoms with Gasteiger partial charge in [-0.2, -0.15) is 9.37 Å². The van der Waals surface area contributed by atoms with Gasteiger partial charge in [0, 0.05) is 51.0 Å². The molecule has 0 radical (unpaired) electrons. The molecule has 3 amide bonds. The quantitative estimate of drug-likeness (QED) is 0.564. The van der Waals surface area contributed by atoms with E-state index in [1.807, 2.05) is 0 Å². The first-order valence-electron chi connectivity index (χ1n) is 12.9. The minimum absolute atomic E-state index is 0.0808. The number of likely N-dealkylation sites (N-methyl/N-ethyl adjacent to an activating group) is 1. The summed E-state index contributed by atoms with van der Waals surface area (Å²) in [5.74, 6) is 0.786. The van der Waals surface area contributed by atoms with Crippen LogP contribution in [0.2, 0.25) is 0 Å². The van der Waals surface area contributed by atoms with Crippen LogP contribution in [0.5, 0.6) is 5.88 Å². The summed E-state index contributed by atoms with van der Waals surface area (Å²) in [4.78, 5) is 43.1. The molecule has 2 aromatic rings. The molecular formula is C24H32F2N8O3S. The Balaban J connectivity index is 1.18. The van der Waals surface area contributed by atoms with Crippen LogP contribution in [0.4, 0.5) is 29.4 Å². The Morgan fingerprint density at radius 1 is 1.26 bits per heavy atom. The van der Waals surface area contributed by atoms with Crippen LogP contribution in [0.3, 0.4) is 0 Å². The molecule has 0 spiro atoms. The third-order valence-corrected chi connectivity index (χ3v) is 8.47. The summed E-state index contributed by atoms with van der Waals surface area (Å²) in [6, 6.07) is 0.685. The Labute approximate surface area is 223 Å². The molecule has 14 heteroatoms. The van der Waals surface area contributed by atoms with E-state index in [4.69, 9.17) is 4.74 Å². The van der Waals surface area contributed by atoms with Gasteiger partial charge in [-0.25, -0.2) is 23.9 Å². The van der Waals surface area contributed by atoms with Crippen LogP contribution in [-0.4, -0.2) is 94.4 Å². The van der Waals surface area contributed by atoms with Gasteiger partial charge in [0.2, 0.25) is 11.8 Å². The molecule has 2 N–H and O–H groups in total. The summed E-state index contributed by atoms with van der Waals surface area (Å²) in [6.07, 6.45) is 4.01. The maximum Gasteiger partial charge on any atom is 0.414 e. The van der Waals surface area contributed by atoms with E-state index < -0.39 is 29.5 Å². The fourth-order valence-electron chi connectivity index (χ4n) is 5.69. The predicted molar refractivity (Wildman–Crippen MR) is 138 cm³/mol. The molecule has 0 unspecified atom stereocenters.